The number of esters is 1. The molecule has 4 fully saturated rings. The number of anilines is 1. The van der Waals surface area contributed by atoms with Gasteiger partial charge in [0, 0.05) is 18.4 Å². The van der Waals surface area contributed by atoms with Crippen LogP contribution in [0, 0.1) is 17.8 Å². The zero-order valence-electron chi connectivity index (χ0n) is 22.3. The summed E-state index contributed by atoms with van der Waals surface area (Å²) in [5.74, 6) is 3.53. The van der Waals surface area contributed by atoms with E-state index in [0.29, 0.717) is 29.5 Å². The summed E-state index contributed by atoms with van der Waals surface area (Å²) >= 11 is 5.83. The monoisotopic (exact) mass is 535 g/mol. The molecule has 202 valence electrons. The van der Waals surface area contributed by atoms with Crippen LogP contribution in [0.15, 0.2) is 49.1 Å². The molecule has 4 aliphatic rings. The lowest BCUT2D eigenvalue weighted by Gasteiger charge is -2.57. The molecule has 0 radical (unpaired) electrons. The second-order valence-electron chi connectivity index (χ2n) is 11.0. The average molecular weight is 536 g/mol. The van der Waals surface area contributed by atoms with Gasteiger partial charge in [-0.3, -0.25) is 0 Å². The lowest BCUT2D eigenvalue weighted by Crippen LogP contribution is -2.48. The van der Waals surface area contributed by atoms with Crippen molar-refractivity contribution < 1.29 is 23.7 Å². The number of thiocarbonyl (C=S) groups is 1. The van der Waals surface area contributed by atoms with Gasteiger partial charge in [-0.25, -0.2) is 4.79 Å². The summed E-state index contributed by atoms with van der Waals surface area (Å²) in [4.78, 5) is 12.6. The number of methoxy groups -OCH3 is 2. The zero-order chi connectivity index (χ0) is 26.7. The molecule has 0 spiro atoms. The van der Waals surface area contributed by atoms with Gasteiger partial charge < -0.3 is 24.3 Å². The fraction of sp³-hybridized carbons (Fsp3) is 0.484. The van der Waals surface area contributed by atoms with Crippen molar-refractivity contribution in [3.8, 4) is 11.5 Å². The number of hydrogen-bond acceptors (Lipinski definition) is 6. The van der Waals surface area contributed by atoms with Gasteiger partial charge >= 0.3 is 5.97 Å². The highest BCUT2D eigenvalue weighted by Gasteiger charge is 2.53. The molecule has 0 unspecified atom stereocenters. The largest absolute Gasteiger partial charge is 0.492 e. The predicted molar refractivity (Wildman–Crippen MR) is 152 cm³/mol. The normalized spacial score (nSPS) is 25.1. The Morgan fingerprint density at radius 1 is 1.00 bits per heavy atom. The van der Waals surface area contributed by atoms with E-state index in [-0.39, 0.29) is 18.0 Å². The molecule has 0 aromatic heterocycles. The van der Waals surface area contributed by atoms with Crippen molar-refractivity contribution in [2.24, 2.45) is 17.8 Å². The lowest BCUT2D eigenvalue weighted by molar-refractivity contribution is -0.00676. The number of nitrogens with one attached hydrogen (secondary N) is 1. The second kappa shape index (κ2) is 11.5. The van der Waals surface area contributed by atoms with E-state index in [4.69, 9.17) is 31.2 Å². The molecule has 4 saturated carbocycles. The first-order valence-corrected chi connectivity index (χ1v) is 13.9. The van der Waals surface area contributed by atoms with Gasteiger partial charge in [0.25, 0.3) is 0 Å². The summed E-state index contributed by atoms with van der Waals surface area (Å²) < 4.78 is 22.8. The minimum absolute atomic E-state index is 0.147. The topological polar surface area (TPSA) is 66.0 Å². The summed E-state index contributed by atoms with van der Waals surface area (Å²) in [5.41, 5.74) is 3.42. The molecule has 0 saturated heterocycles. The van der Waals surface area contributed by atoms with Crippen molar-refractivity contribution in [2.45, 2.75) is 43.9 Å². The maximum absolute atomic E-state index is 12.1. The van der Waals surface area contributed by atoms with Gasteiger partial charge in [-0.1, -0.05) is 30.9 Å². The van der Waals surface area contributed by atoms with Crippen molar-refractivity contribution in [1.29, 1.82) is 0 Å². The van der Waals surface area contributed by atoms with Crippen LogP contribution in [0.3, 0.4) is 0 Å². The van der Waals surface area contributed by atoms with Gasteiger partial charge in [0.1, 0.15) is 18.2 Å². The van der Waals surface area contributed by atoms with Gasteiger partial charge in [0.15, 0.2) is 11.5 Å². The van der Waals surface area contributed by atoms with Gasteiger partial charge in [0.2, 0.25) is 0 Å². The van der Waals surface area contributed by atoms with E-state index < -0.39 is 0 Å². The number of benzene rings is 2. The van der Waals surface area contributed by atoms with Crippen LogP contribution in [-0.2, 0) is 14.9 Å². The third-order valence-electron chi connectivity index (χ3n) is 8.42. The third kappa shape index (κ3) is 5.32. The molecule has 2 aromatic carbocycles. The Hall–Kier alpha value is -2.90. The number of hydrogen-bond donors (Lipinski definition) is 1. The molecule has 0 heterocycles. The Balaban J connectivity index is 1.42. The van der Waals surface area contributed by atoms with Crippen LogP contribution in [0.5, 0.6) is 11.5 Å². The first kappa shape index (κ1) is 26.7. The van der Waals surface area contributed by atoms with Crippen molar-refractivity contribution in [3.05, 3.63) is 65.7 Å². The Morgan fingerprint density at radius 3 is 2.24 bits per heavy atom. The summed E-state index contributed by atoms with van der Waals surface area (Å²) in [5, 5.41) is 3.29. The molecule has 0 atom stereocenters. The average Bonchev–Trinajstić information content (AvgIpc) is 2.91. The second-order valence-corrected chi connectivity index (χ2v) is 11.4. The van der Waals surface area contributed by atoms with Crippen LogP contribution < -0.4 is 14.8 Å². The molecule has 4 bridgehead atoms. The van der Waals surface area contributed by atoms with Crippen molar-refractivity contribution in [3.63, 3.8) is 0 Å². The first-order valence-electron chi connectivity index (χ1n) is 13.5. The molecule has 6 rings (SSSR count). The summed E-state index contributed by atoms with van der Waals surface area (Å²) in [6.45, 7) is 4.69. The molecular weight excluding hydrogens is 498 g/mol. The van der Waals surface area contributed by atoms with Gasteiger partial charge in [-0.05, 0) is 92.0 Å². The van der Waals surface area contributed by atoms with Crippen molar-refractivity contribution in [2.75, 3.05) is 39.4 Å². The van der Waals surface area contributed by atoms with Crippen molar-refractivity contribution >= 4 is 28.9 Å². The highest BCUT2D eigenvalue weighted by molar-refractivity contribution is 7.81. The Labute approximate surface area is 230 Å². The maximum Gasteiger partial charge on any atom is 0.338 e. The van der Waals surface area contributed by atoms with E-state index in [2.05, 4.69) is 24.0 Å². The molecule has 7 heteroatoms. The Morgan fingerprint density at radius 2 is 1.66 bits per heavy atom. The quantitative estimate of drug-likeness (QED) is 0.156. The molecule has 6 nitrogen and oxygen atoms in total. The van der Waals surface area contributed by atoms with Crippen LogP contribution in [-0.4, -0.2) is 45.0 Å². The third-order valence-corrected chi connectivity index (χ3v) is 8.74. The molecular formula is C31H37NO5S. The van der Waals surface area contributed by atoms with E-state index in [0.717, 1.165) is 34.8 Å². The SMILES string of the molecule is C=CCOC(=O)c1ccc(NC(=S)c2ccc(C34CC5CC(CC(C5)C3)C4)c(OCCOC)c2OC)cc1. The number of carbonyl (C=O) groups is 1. The minimum atomic E-state index is -0.390. The van der Waals surface area contributed by atoms with Crippen molar-refractivity contribution in [1.82, 2.24) is 0 Å². The molecule has 4 aliphatic carbocycles. The number of carbonyl (C=O) groups excluding carboxylic acids is 1. The number of ether oxygens (including phenoxy) is 4. The predicted octanol–water partition coefficient (Wildman–Crippen LogP) is 6.32. The maximum atomic E-state index is 12.1. The van der Waals surface area contributed by atoms with E-state index >= 15 is 0 Å². The Bertz CT molecular complexity index is 1160. The zero-order valence-corrected chi connectivity index (χ0v) is 23.1. The Kier molecular flexibility index (Phi) is 8.05. The van der Waals surface area contributed by atoms with Crippen LogP contribution in [0.2, 0.25) is 0 Å². The smallest absolute Gasteiger partial charge is 0.338 e. The fourth-order valence-electron chi connectivity index (χ4n) is 7.28. The van der Waals surface area contributed by atoms with E-state index in [1.165, 1.54) is 44.1 Å². The fourth-order valence-corrected chi connectivity index (χ4v) is 7.56. The summed E-state index contributed by atoms with van der Waals surface area (Å²) in [6.07, 6.45) is 9.37. The molecule has 0 aliphatic heterocycles. The first-order chi connectivity index (χ1) is 18.5. The van der Waals surface area contributed by atoms with E-state index in [1.54, 1.807) is 32.4 Å². The van der Waals surface area contributed by atoms with E-state index in [1.807, 2.05) is 12.1 Å². The minimum Gasteiger partial charge on any atom is -0.492 e. The molecule has 2 aromatic rings. The summed E-state index contributed by atoms with van der Waals surface area (Å²) in [6, 6.07) is 11.3. The van der Waals surface area contributed by atoms with Gasteiger partial charge in [-0.2, -0.15) is 0 Å². The molecule has 0 amide bonds. The van der Waals surface area contributed by atoms with Crippen LogP contribution in [0.25, 0.3) is 0 Å². The van der Waals surface area contributed by atoms with Crippen LogP contribution >= 0.6 is 12.2 Å². The van der Waals surface area contributed by atoms with Gasteiger partial charge in [-0.15, -0.1) is 0 Å². The van der Waals surface area contributed by atoms with Crippen LogP contribution in [0.1, 0.15) is 60.0 Å². The molecule has 38 heavy (non-hydrogen) atoms. The van der Waals surface area contributed by atoms with Gasteiger partial charge in [0.05, 0.1) is 24.8 Å². The highest BCUT2D eigenvalue weighted by Crippen LogP contribution is 2.62. The number of rotatable bonds is 11. The lowest BCUT2D eigenvalue weighted by atomic mass is 9.48. The highest BCUT2D eigenvalue weighted by atomic mass is 32.1. The molecule has 1 N–H and O–H groups in total. The van der Waals surface area contributed by atoms with Crippen LogP contribution in [0.4, 0.5) is 5.69 Å². The summed E-state index contributed by atoms with van der Waals surface area (Å²) in [7, 11) is 3.36. The van der Waals surface area contributed by atoms with E-state index in [9.17, 15) is 4.79 Å². The standard InChI is InChI=1S/C31H37NO5S/c1-4-11-37-30(33)23-5-7-24(8-6-23)32-29(38)25-9-10-26(28(27(25)35-3)36-13-12-34-2)31-17-20-14-21(18-31)16-22(15-20)19-31/h4-10,20-22H,1,11-19H2,2-3H3,(H,32,38).